The fourth-order valence-electron chi connectivity index (χ4n) is 4.37. The molecule has 8 heteroatoms. The SMILES string of the molecule is Cc1noc(C)c1COc1cccc(C(=O)N2CCOC[C@H](Cc3ccc4nccn4c3)C2)c1. The van der Waals surface area contributed by atoms with Crippen LogP contribution in [0.15, 0.2) is 59.5 Å². The Morgan fingerprint density at radius 3 is 3.00 bits per heavy atom. The number of carbonyl (C=O) groups excluding carboxylic acids is 1. The summed E-state index contributed by atoms with van der Waals surface area (Å²) in [4.78, 5) is 19.6. The van der Waals surface area contributed by atoms with Crippen molar-refractivity contribution in [1.29, 1.82) is 0 Å². The van der Waals surface area contributed by atoms with Gasteiger partial charge < -0.3 is 23.3 Å². The molecule has 1 saturated heterocycles. The van der Waals surface area contributed by atoms with Crippen LogP contribution in [0.3, 0.4) is 0 Å². The van der Waals surface area contributed by atoms with Crippen LogP contribution in [-0.2, 0) is 17.8 Å². The molecule has 0 N–H and O–H groups in total. The molecule has 0 spiro atoms. The molecule has 0 bridgehead atoms. The zero-order valence-electron chi connectivity index (χ0n) is 19.4. The predicted octanol–water partition coefficient (Wildman–Crippen LogP) is 3.85. The van der Waals surface area contributed by atoms with E-state index in [2.05, 4.69) is 22.4 Å². The largest absolute Gasteiger partial charge is 0.489 e. The van der Waals surface area contributed by atoms with E-state index in [4.69, 9.17) is 14.0 Å². The fraction of sp³-hybridized carbons (Fsp3) is 0.346. The summed E-state index contributed by atoms with van der Waals surface area (Å²) < 4.78 is 19.0. The first-order chi connectivity index (χ1) is 16.6. The lowest BCUT2D eigenvalue weighted by molar-refractivity contribution is 0.0737. The molecular formula is C26H28N4O4. The highest BCUT2D eigenvalue weighted by atomic mass is 16.5. The van der Waals surface area contributed by atoms with Crippen molar-refractivity contribution in [3.63, 3.8) is 0 Å². The van der Waals surface area contributed by atoms with Gasteiger partial charge in [-0.2, -0.15) is 0 Å². The number of hydrogen-bond donors (Lipinski definition) is 0. The van der Waals surface area contributed by atoms with E-state index in [-0.39, 0.29) is 11.8 Å². The molecule has 4 aromatic rings. The number of hydrogen-bond acceptors (Lipinski definition) is 6. The van der Waals surface area contributed by atoms with Crippen molar-refractivity contribution in [2.24, 2.45) is 5.92 Å². The summed E-state index contributed by atoms with van der Waals surface area (Å²) in [5.41, 5.74) is 4.47. The van der Waals surface area contributed by atoms with E-state index in [9.17, 15) is 4.79 Å². The monoisotopic (exact) mass is 460 g/mol. The standard InChI is InChI=1S/C26H28N4O4/c1-18-24(19(2)34-28-18)17-33-23-5-3-4-22(13-23)26(31)30-10-11-32-16-21(15-30)12-20-6-7-25-27-8-9-29(25)14-20/h3-9,13-14,21H,10-12,15-17H2,1-2H3/t21-/m1/s1. The predicted molar refractivity (Wildman–Crippen MR) is 126 cm³/mol. The van der Waals surface area contributed by atoms with Gasteiger partial charge in [0, 0.05) is 43.2 Å². The third kappa shape index (κ3) is 4.82. The molecule has 1 aromatic carbocycles. The summed E-state index contributed by atoms with van der Waals surface area (Å²) >= 11 is 0. The maximum absolute atomic E-state index is 13.4. The maximum atomic E-state index is 13.4. The van der Waals surface area contributed by atoms with Gasteiger partial charge in [0.15, 0.2) is 0 Å². The topological polar surface area (TPSA) is 82.1 Å². The number of ether oxygens (including phenoxy) is 2. The number of pyridine rings is 1. The number of benzene rings is 1. The van der Waals surface area contributed by atoms with Crippen LogP contribution in [0.25, 0.3) is 5.65 Å². The summed E-state index contributed by atoms with van der Waals surface area (Å²) in [5, 5.41) is 3.96. The van der Waals surface area contributed by atoms with Crippen molar-refractivity contribution < 1.29 is 18.8 Å². The number of aryl methyl sites for hydroxylation is 2. The molecule has 8 nitrogen and oxygen atoms in total. The quantitative estimate of drug-likeness (QED) is 0.435. The van der Waals surface area contributed by atoms with Crippen LogP contribution in [0.5, 0.6) is 5.75 Å². The lowest BCUT2D eigenvalue weighted by Crippen LogP contribution is -2.36. The molecule has 0 unspecified atom stereocenters. The number of imidazole rings is 1. The van der Waals surface area contributed by atoms with Gasteiger partial charge in [-0.25, -0.2) is 4.98 Å². The van der Waals surface area contributed by atoms with Gasteiger partial charge >= 0.3 is 0 Å². The van der Waals surface area contributed by atoms with Crippen molar-refractivity contribution >= 4 is 11.6 Å². The average Bonchev–Trinajstić information content (AvgIpc) is 3.36. The summed E-state index contributed by atoms with van der Waals surface area (Å²) in [6.45, 7) is 6.48. The van der Waals surface area contributed by atoms with Gasteiger partial charge in [-0.05, 0) is 50.1 Å². The van der Waals surface area contributed by atoms with Crippen molar-refractivity contribution in [3.05, 3.63) is 83.1 Å². The second kappa shape index (κ2) is 9.69. The third-order valence-corrected chi connectivity index (χ3v) is 6.24. The molecule has 176 valence electrons. The van der Waals surface area contributed by atoms with E-state index in [1.54, 1.807) is 12.3 Å². The Balaban J connectivity index is 1.26. The van der Waals surface area contributed by atoms with Gasteiger partial charge in [-0.3, -0.25) is 4.79 Å². The zero-order chi connectivity index (χ0) is 23.5. The first-order valence-electron chi connectivity index (χ1n) is 11.5. The summed E-state index contributed by atoms with van der Waals surface area (Å²) in [6.07, 6.45) is 6.66. The molecule has 4 heterocycles. The highest BCUT2D eigenvalue weighted by Crippen LogP contribution is 2.21. The second-order valence-electron chi connectivity index (χ2n) is 8.75. The normalized spacial score (nSPS) is 16.5. The Hall–Kier alpha value is -3.65. The zero-order valence-corrected chi connectivity index (χ0v) is 19.4. The minimum atomic E-state index is -0.0108. The van der Waals surface area contributed by atoms with E-state index in [0.717, 1.165) is 29.1 Å². The second-order valence-corrected chi connectivity index (χ2v) is 8.75. The molecule has 3 aromatic heterocycles. The Morgan fingerprint density at radius 1 is 1.24 bits per heavy atom. The minimum Gasteiger partial charge on any atom is -0.489 e. The number of carbonyl (C=O) groups is 1. The lowest BCUT2D eigenvalue weighted by Gasteiger charge is -2.24. The van der Waals surface area contributed by atoms with Gasteiger partial charge in [0.25, 0.3) is 5.91 Å². The minimum absolute atomic E-state index is 0.0108. The van der Waals surface area contributed by atoms with Crippen molar-refractivity contribution in [2.45, 2.75) is 26.9 Å². The Labute approximate surface area is 198 Å². The van der Waals surface area contributed by atoms with E-state index in [1.165, 1.54) is 5.56 Å². The van der Waals surface area contributed by atoms with E-state index >= 15 is 0 Å². The molecule has 34 heavy (non-hydrogen) atoms. The number of aromatic nitrogens is 3. The highest BCUT2D eigenvalue weighted by molar-refractivity contribution is 5.94. The van der Waals surface area contributed by atoms with Crippen LogP contribution in [-0.4, -0.2) is 51.7 Å². The molecule has 1 fully saturated rings. The van der Waals surface area contributed by atoms with Crippen LogP contribution in [0, 0.1) is 19.8 Å². The average molecular weight is 461 g/mol. The van der Waals surface area contributed by atoms with Gasteiger partial charge in [0.1, 0.15) is 23.8 Å². The number of amides is 1. The lowest BCUT2D eigenvalue weighted by atomic mass is 10.0. The fourth-order valence-corrected chi connectivity index (χ4v) is 4.37. The first kappa shape index (κ1) is 22.2. The Morgan fingerprint density at radius 2 is 2.15 bits per heavy atom. The summed E-state index contributed by atoms with van der Waals surface area (Å²) in [7, 11) is 0. The number of rotatable bonds is 6. The number of fused-ring (bicyclic) bond motifs is 1. The molecule has 5 rings (SSSR count). The summed E-state index contributed by atoms with van der Waals surface area (Å²) in [6, 6.07) is 11.5. The van der Waals surface area contributed by atoms with Gasteiger partial charge in [-0.1, -0.05) is 17.3 Å². The summed E-state index contributed by atoms with van der Waals surface area (Å²) in [5.74, 6) is 1.59. The van der Waals surface area contributed by atoms with Gasteiger partial charge in [0.2, 0.25) is 0 Å². The molecule has 0 saturated carbocycles. The first-order valence-corrected chi connectivity index (χ1v) is 11.5. The molecule has 0 radical (unpaired) electrons. The van der Waals surface area contributed by atoms with Crippen molar-refractivity contribution in [3.8, 4) is 5.75 Å². The maximum Gasteiger partial charge on any atom is 0.254 e. The van der Waals surface area contributed by atoms with Crippen molar-refractivity contribution in [2.75, 3.05) is 26.3 Å². The van der Waals surface area contributed by atoms with Crippen LogP contribution in [0.1, 0.15) is 32.9 Å². The van der Waals surface area contributed by atoms with Crippen LogP contribution in [0.4, 0.5) is 0 Å². The third-order valence-electron chi connectivity index (χ3n) is 6.24. The van der Waals surface area contributed by atoms with Crippen LogP contribution >= 0.6 is 0 Å². The van der Waals surface area contributed by atoms with Gasteiger partial charge in [-0.15, -0.1) is 0 Å². The van der Waals surface area contributed by atoms with Crippen molar-refractivity contribution in [1.82, 2.24) is 19.4 Å². The van der Waals surface area contributed by atoms with E-state index in [0.29, 0.717) is 44.2 Å². The van der Waals surface area contributed by atoms with Gasteiger partial charge in [0.05, 0.1) is 24.5 Å². The highest BCUT2D eigenvalue weighted by Gasteiger charge is 2.24. The number of nitrogens with zero attached hydrogens (tertiary/aromatic N) is 4. The molecule has 0 aliphatic carbocycles. The van der Waals surface area contributed by atoms with Crippen LogP contribution in [0.2, 0.25) is 0 Å². The van der Waals surface area contributed by atoms with E-state index in [1.807, 2.05) is 53.6 Å². The molecule has 1 atom stereocenters. The Bertz CT molecular complexity index is 1280. The molecule has 1 aliphatic heterocycles. The molecular weight excluding hydrogens is 432 g/mol. The Kier molecular flexibility index (Phi) is 6.31. The molecule has 1 aliphatic rings. The smallest absolute Gasteiger partial charge is 0.254 e. The molecule has 1 amide bonds. The van der Waals surface area contributed by atoms with Crippen LogP contribution < -0.4 is 4.74 Å². The van der Waals surface area contributed by atoms with E-state index < -0.39 is 0 Å².